The molecule has 2 N–H and O–H groups in total. The van der Waals surface area contributed by atoms with Crippen molar-refractivity contribution < 1.29 is 4.79 Å². The minimum Gasteiger partial charge on any atom is -0.353 e. The lowest BCUT2D eigenvalue weighted by Gasteiger charge is -2.23. The molecule has 3 aliphatic rings. The second kappa shape index (κ2) is 4.27. The van der Waals surface area contributed by atoms with E-state index in [1.807, 2.05) is 0 Å². The molecule has 96 valence electrons. The Hall–Kier alpha value is -0.570. The summed E-state index contributed by atoms with van der Waals surface area (Å²) in [5, 5.41) is 6.67. The van der Waals surface area contributed by atoms with Crippen molar-refractivity contribution in [1.29, 1.82) is 0 Å². The summed E-state index contributed by atoms with van der Waals surface area (Å²) in [5.74, 6) is 1.49. The zero-order valence-electron chi connectivity index (χ0n) is 10.8. The van der Waals surface area contributed by atoms with E-state index in [9.17, 15) is 4.79 Å². The molecular weight excluding hydrogens is 212 g/mol. The fraction of sp³-hybridized carbons (Fsp3) is 0.929. The van der Waals surface area contributed by atoms with Crippen LogP contribution in [0.1, 0.15) is 45.4 Å². The quantitative estimate of drug-likeness (QED) is 0.766. The topological polar surface area (TPSA) is 41.1 Å². The Morgan fingerprint density at radius 2 is 2.06 bits per heavy atom. The fourth-order valence-electron chi connectivity index (χ4n) is 3.84. The van der Waals surface area contributed by atoms with E-state index in [1.54, 1.807) is 0 Å². The summed E-state index contributed by atoms with van der Waals surface area (Å²) in [6.07, 6.45) is 7.20. The summed E-state index contributed by atoms with van der Waals surface area (Å²) in [6, 6.07) is 0.469. The third kappa shape index (κ3) is 2.22. The molecule has 0 bridgehead atoms. The van der Waals surface area contributed by atoms with Crippen molar-refractivity contribution in [3.63, 3.8) is 0 Å². The summed E-state index contributed by atoms with van der Waals surface area (Å²) in [7, 11) is 0. The molecule has 0 aromatic rings. The van der Waals surface area contributed by atoms with Crippen LogP contribution in [-0.2, 0) is 4.79 Å². The normalized spacial score (nSPS) is 39.2. The molecular formula is C14H24N2O. The predicted molar refractivity (Wildman–Crippen MR) is 67.6 cm³/mol. The van der Waals surface area contributed by atoms with E-state index < -0.39 is 0 Å². The number of carbonyl (C=O) groups is 1. The number of carbonyl (C=O) groups excluding carboxylic acids is 1. The molecule has 17 heavy (non-hydrogen) atoms. The highest BCUT2D eigenvalue weighted by atomic mass is 16.2. The van der Waals surface area contributed by atoms with Crippen molar-refractivity contribution in [2.24, 2.45) is 17.3 Å². The number of hydrogen-bond acceptors (Lipinski definition) is 2. The van der Waals surface area contributed by atoms with Crippen LogP contribution < -0.4 is 10.6 Å². The first kappa shape index (κ1) is 11.5. The molecule has 0 aromatic carbocycles. The van der Waals surface area contributed by atoms with Gasteiger partial charge in [0, 0.05) is 12.0 Å². The zero-order chi connectivity index (χ0) is 11.9. The second-order valence-electron chi connectivity index (χ2n) is 6.49. The number of piperidine rings is 1. The van der Waals surface area contributed by atoms with Crippen LogP contribution in [0, 0.1) is 17.3 Å². The van der Waals surface area contributed by atoms with Gasteiger partial charge in [-0.05, 0) is 62.9 Å². The van der Waals surface area contributed by atoms with E-state index in [2.05, 4.69) is 17.6 Å². The monoisotopic (exact) mass is 236 g/mol. The molecule has 3 unspecified atom stereocenters. The molecule has 1 saturated heterocycles. The van der Waals surface area contributed by atoms with Gasteiger partial charge in [-0.3, -0.25) is 4.79 Å². The number of nitrogens with one attached hydrogen (secondary N) is 2. The summed E-state index contributed by atoms with van der Waals surface area (Å²) in [6.45, 7) is 4.49. The van der Waals surface area contributed by atoms with E-state index in [0.29, 0.717) is 23.3 Å². The number of amides is 1. The molecule has 1 amide bonds. The maximum absolute atomic E-state index is 12.2. The van der Waals surface area contributed by atoms with Gasteiger partial charge in [-0.25, -0.2) is 0 Å². The summed E-state index contributed by atoms with van der Waals surface area (Å²) in [5.41, 5.74) is 0.388. The molecule has 2 saturated carbocycles. The average Bonchev–Trinajstić information content (AvgIpc) is 2.85. The molecule has 0 radical (unpaired) electrons. The highest BCUT2D eigenvalue weighted by Gasteiger charge is 2.57. The molecule has 3 fully saturated rings. The van der Waals surface area contributed by atoms with Crippen molar-refractivity contribution in [2.45, 2.75) is 51.5 Å². The zero-order valence-corrected chi connectivity index (χ0v) is 10.8. The Kier molecular flexibility index (Phi) is 2.89. The van der Waals surface area contributed by atoms with Crippen LogP contribution >= 0.6 is 0 Å². The van der Waals surface area contributed by atoms with Crippen molar-refractivity contribution in [2.75, 3.05) is 13.1 Å². The van der Waals surface area contributed by atoms with Crippen molar-refractivity contribution >= 4 is 5.91 Å². The van der Waals surface area contributed by atoms with E-state index in [1.165, 1.54) is 32.1 Å². The summed E-state index contributed by atoms with van der Waals surface area (Å²) >= 11 is 0. The van der Waals surface area contributed by atoms with Gasteiger partial charge in [0.05, 0.1) is 0 Å². The molecule has 3 atom stereocenters. The molecule has 2 aliphatic carbocycles. The Morgan fingerprint density at radius 1 is 1.29 bits per heavy atom. The van der Waals surface area contributed by atoms with Crippen LogP contribution in [0.3, 0.4) is 0 Å². The Labute approximate surface area is 104 Å². The molecule has 3 nitrogen and oxygen atoms in total. The van der Waals surface area contributed by atoms with E-state index >= 15 is 0 Å². The lowest BCUT2D eigenvalue weighted by molar-refractivity contribution is -0.124. The van der Waals surface area contributed by atoms with Gasteiger partial charge in [0.25, 0.3) is 0 Å². The lowest BCUT2D eigenvalue weighted by atomic mass is 9.91. The van der Waals surface area contributed by atoms with Crippen LogP contribution in [0.15, 0.2) is 0 Å². The van der Waals surface area contributed by atoms with E-state index in [4.69, 9.17) is 0 Å². The molecule has 3 rings (SSSR count). The average molecular weight is 236 g/mol. The third-order valence-corrected chi connectivity index (χ3v) is 5.15. The molecule has 1 aliphatic heterocycles. The highest BCUT2D eigenvalue weighted by molar-refractivity contribution is 5.82. The molecule has 3 heteroatoms. The minimum atomic E-state index is 0.334. The first-order valence-corrected chi connectivity index (χ1v) is 7.21. The minimum absolute atomic E-state index is 0.334. The third-order valence-electron chi connectivity index (χ3n) is 5.15. The van der Waals surface area contributed by atoms with Crippen molar-refractivity contribution in [3.8, 4) is 0 Å². The first-order chi connectivity index (χ1) is 8.20. The largest absolute Gasteiger partial charge is 0.353 e. The van der Waals surface area contributed by atoms with Crippen molar-refractivity contribution in [3.05, 3.63) is 0 Å². The van der Waals surface area contributed by atoms with E-state index in [-0.39, 0.29) is 0 Å². The smallest absolute Gasteiger partial charge is 0.223 e. The van der Waals surface area contributed by atoms with Crippen LogP contribution in [0.2, 0.25) is 0 Å². The number of hydrogen-bond donors (Lipinski definition) is 2. The van der Waals surface area contributed by atoms with Gasteiger partial charge in [-0.15, -0.1) is 0 Å². The van der Waals surface area contributed by atoms with Gasteiger partial charge in [-0.1, -0.05) is 6.92 Å². The summed E-state index contributed by atoms with van der Waals surface area (Å²) < 4.78 is 0. The SMILES string of the molecule is CC1CCC(NC(=O)C2CC23CCNCC3)C1. The molecule has 1 spiro atoms. The van der Waals surface area contributed by atoms with Gasteiger partial charge in [0.15, 0.2) is 0 Å². The van der Waals surface area contributed by atoms with Crippen LogP contribution in [0.5, 0.6) is 0 Å². The van der Waals surface area contributed by atoms with Gasteiger partial charge >= 0.3 is 0 Å². The first-order valence-electron chi connectivity index (χ1n) is 7.21. The fourth-order valence-corrected chi connectivity index (χ4v) is 3.84. The Balaban J connectivity index is 1.51. The lowest BCUT2D eigenvalue weighted by Crippen LogP contribution is -2.37. The standard InChI is InChI=1S/C14H24N2O/c1-10-2-3-11(8-10)16-13(17)12-9-14(12)4-6-15-7-5-14/h10-12,15H,2-9H2,1H3,(H,16,17). The van der Waals surface area contributed by atoms with Crippen LogP contribution in [-0.4, -0.2) is 25.0 Å². The molecule has 1 heterocycles. The van der Waals surface area contributed by atoms with Gasteiger partial charge in [0.1, 0.15) is 0 Å². The Bertz CT molecular complexity index is 309. The van der Waals surface area contributed by atoms with Crippen LogP contribution in [0.4, 0.5) is 0 Å². The van der Waals surface area contributed by atoms with Gasteiger partial charge in [0.2, 0.25) is 5.91 Å². The summed E-state index contributed by atoms with van der Waals surface area (Å²) in [4.78, 5) is 12.2. The van der Waals surface area contributed by atoms with Crippen LogP contribution in [0.25, 0.3) is 0 Å². The predicted octanol–water partition coefficient (Wildman–Crippen LogP) is 1.68. The highest BCUT2D eigenvalue weighted by Crippen LogP contribution is 2.58. The maximum Gasteiger partial charge on any atom is 0.223 e. The van der Waals surface area contributed by atoms with Gasteiger partial charge in [-0.2, -0.15) is 0 Å². The van der Waals surface area contributed by atoms with Crippen molar-refractivity contribution in [1.82, 2.24) is 10.6 Å². The second-order valence-corrected chi connectivity index (χ2v) is 6.49. The van der Waals surface area contributed by atoms with E-state index in [0.717, 1.165) is 25.4 Å². The number of rotatable bonds is 2. The van der Waals surface area contributed by atoms with Gasteiger partial charge < -0.3 is 10.6 Å². The maximum atomic E-state index is 12.2. The Morgan fingerprint density at radius 3 is 2.71 bits per heavy atom. The molecule has 0 aromatic heterocycles.